The molecule has 2 aromatic rings. The van der Waals surface area contributed by atoms with Gasteiger partial charge in [-0.25, -0.2) is 13.2 Å². The fraction of sp³-hybridized carbons (Fsp3) is 0. The van der Waals surface area contributed by atoms with Gasteiger partial charge in [-0.3, -0.25) is 0 Å². The second kappa shape index (κ2) is 5.80. The van der Waals surface area contributed by atoms with Gasteiger partial charge in [-0.2, -0.15) is 0 Å². The Morgan fingerprint density at radius 3 is 2.40 bits per heavy atom. The Labute approximate surface area is 126 Å². The molecule has 0 saturated heterocycles. The lowest BCUT2D eigenvalue weighted by Crippen LogP contribution is -2.09. The van der Waals surface area contributed by atoms with Crippen LogP contribution in [0.25, 0.3) is 0 Å². The Kier molecular flexibility index (Phi) is 4.29. The third kappa shape index (κ3) is 3.10. The topological polar surface area (TPSA) is 38.0 Å². The fourth-order valence-electron chi connectivity index (χ4n) is 1.56. The average Bonchev–Trinajstić information content (AvgIpc) is 2.37. The first-order chi connectivity index (χ1) is 9.38. The van der Waals surface area contributed by atoms with Crippen LogP contribution in [0.15, 0.2) is 34.8 Å². The van der Waals surface area contributed by atoms with E-state index < -0.39 is 17.5 Å². The van der Waals surface area contributed by atoms with Crippen LogP contribution >= 0.6 is 28.1 Å². The zero-order valence-corrected chi connectivity index (χ0v) is 12.3. The summed E-state index contributed by atoms with van der Waals surface area (Å²) in [6, 6.07) is 6.15. The maximum atomic E-state index is 13.5. The van der Waals surface area contributed by atoms with E-state index in [0.29, 0.717) is 21.8 Å². The number of nitrogens with two attached hydrogens (primary N) is 1. The number of rotatable bonds is 3. The highest BCUT2D eigenvalue weighted by atomic mass is 79.9. The van der Waals surface area contributed by atoms with Crippen molar-refractivity contribution in [2.45, 2.75) is 0 Å². The van der Waals surface area contributed by atoms with E-state index in [0.717, 1.165) is 6.07 Å². The number of hydrogen-bond donors (Lipinski definition) is 2. The molecule has 0 radical (unpaired) electrons. The van der Waals surface area contributed by atoms with Crippen molar-refractivity contribution in [3.8, 4) is 0 Å². The molecular formula is C13H8BrF3N2S. The second-order valence-corrected chi connectivity index (χ2v) is 5.23. The molecule has 0 spiro atoms. The zero-order chi connectivity index (χ0) is 14.9. The lowest BCUT2D eigenvalue weighted by atomic mass is 10.2. The quantitative estimate of drug-likeness (QED) is 0.634. The largest absolute Gasteiger partial charge is 0.389 e. The molecule has 104 valence electrons. The van der Waals surface area contributed by atoms with Crippen LogP contribution in [-0.4, -0.2) is 4.99 Å². The molecule has 0 atom stereocenters. The van der Waals surface area contributed by atoms with Gasteiger partial charge in [-0.15, -0.1) is 0 Å². The van der Waals surface area contributed by atoms with E-state index in [9.17, 15) is 13.2 Å². The van der Waals surface area contributed by atoms with Crippen LogP contribution in [0.2, 0.25) is 0 Å². The number of hydrogen-bond acceptors (Lipinski definition) is 2. The molecular weight excluding hydrogens is 353 g/mol. The fourth-order valence-corrected chi connectivity index (χ4v) is 2.17. The van der Waals surface area contributed by atoms with Crippen molar-refractivity contribution in [2.24, 2.45) is 5.73 Å². The Bertz CT molecular complexity index is 692. The Morgan fingerprint density at radius 1 is 1.10 bits per heavy atom. The maximum absolute atomic E-state index is 13.5. The number of benzene rings is 2. The molecule has 0 bridgehead atoms. The Balaban J connectivity index is 2.38. The van der Waals surface area contributed by atoms with Crippen molar-refractivity contribution in [1.29, 1.82) is 0 Å². The summed E-state index contributed by atoms with van der Waals surface area (Å²) in [5.74, 6) is -3.29. The van der Waals surface area contributed by atoms with Crippen LogP contribution < -0.4 is 11.1 Å². The van der Waals surface area contributed by atoms with Gasteiger partial charge in [0.15, 0.2) is 11.6 Å². The van der Waals surface area contributed by atoms with Crippen molar-refractivity contribution in [3.63, 3.8) is 0 Å². The number of halogens is 4. The van der Waals surface area contributed by atoms with E-state index in [1.165, 1.54) is 0 Å². The van der Waals surface area contributed by atoms with Gasteiger partial charge >= 0.3 is 0 Å². The number of anilines is 2. The van der Waals surface area contributed by atoms with Gasteiger partial charge in [0.05, 0.1) is 11.4 Å². The van der Waals surface area contributed by atoms with Gasteiger partial charge in [0.1, 0.15) is 10.8 Å². The molecule has 0 aliphatic heterocycles. The van der Waals surface area contributed by atoms with Crippen molar-refractivity contribution >= 4 is 44.5 Å². The third-order valence-electron chi connectivity index (χ3n) is 2.52. The molecule has 0 unspecified atom stereocenters. The standard InChI is InChI=1S/C13H8BrF3N2S/c14-8-3-6(13(18)20)1-2-10(8)19-11-5-7(15)4-9(16)12(11)17/h1-5,19H,(H2,18,20). The molecule has 0 amide bonds. The van der Waals surface area contributed by atoms with Crippen molar-refractivity contribution < 1.29 is 13.2 Å². The highest BCUT2D eigenvalue weighted by Gasteiger charge is 2.12. The van der Waals surface area contributed by atoms with E-state index in [1.807, 2.05) is 0 Å². The number of thiocarbonyl (C=S) groups is 1. The van der Waals surface area contributed by atoms with Crippen molar-refractivity contribution in [2.75, 3.05) is 5.32 Å². The highest BCUT2D eigenvalue weighted by Crippen LogP contribution is 2.29. The summed E-state index contributed by atoms with van der Waals surface area (Å²) < 4.78 is 40.3. The number of nitrogens with one attached hydrogen (secondary N) is 1. The summed E-state index contributed by atoms with van der Waals surface area (Å²) >= 11 is 8.07. The van der Waals surface area contributed by atoms with Crippen LogP contribution in [0.5, 0.6) is 0 Å². The van der Waals surface area contributed by atoms with Crippen LogP contribution in [0.1, 0.15) is 5.56 Å². The van der Waals surface area contributed by atoms with Crippen LogP contribution in [0.4, 0.5) is 24.5 Å². The summed E-state index contributed by atoms with van der Waals surface area (Å²) in [7, 11) is 0. The first kappa shape index (κ1) is 14.8. The van der Waals surface area contributed by atoms with Gasteiger partial charge in [0.2, 0.25) is 0 Å². The molecule has 0 aromatic heterocycles. The van der Waals surface area contributed by atoms with E-state index in [1.54, 1.807) is 18.2 Å². The van der Waals surface area contributed by atoms with Crippen molar-refractivity contribution in [1.82, 2.24) is 0 Å². The van der Waals surface area contributed by atoms with E-state index in [2.05, 4.69) is 21.2 Å². The SMILES string of the molecule is NC(=S)c1ccc(Nc2cc(F)cc(F)c2F)c(Br)c1. The summed E-state index contributed by atoms with van der Waals surface area (Å²) in [6.07, 6.45) is 0. The van der Waals surface area contributed by atoms with E-state index in [4.69, 9.17) is 18.0 Å². The molecule has 0 saturated carbocycles. The van der Waals surface area contributed by atoms with Crippen LogP contribution in [0, 0.1) is 17.5 Å². The third-order valence-corrected chi connectivity index (χ3v) is 3.41. The lowest BCUT2D eigenvalue weighted by Gasteiger charge is -2.11. The summed E-state index contributed by atoms with van der Waals surface area (Å²) in [4.78, 5) is 0.209. The smallest absolute Gasteiger partial charge is 0.182 e. The molecule has 2 aromatic carbocycles. The van der Waals surface area contributed by atoms with Gasteiger partial charge in [0.25, 0.3) is 0 Å². The van der Waals surface area contributed by atoms with E-state index >= 15 is 0 Å². The molecule has 2 rings (SSSR count). The minimum atomic E-state index is -1.26. The zero-order valence-electron chi connectivity index (χ0n) is 9.88. The predicted octanol–water partition coefficient (Wildman–Crippen LogP) is 4.24. The molecule has 3 N–H and O–H groups in total. The van der Waals surface area contributed by atoms with Crippen LogP contribution in [0.3, 0.4) is 0 Å². The van der Waals surface area contributed by atoms with Gasteiger partial charge in [-0.1, -0.05) is 12.2 Å². The van der Waals surface area contributed by atoms with Gasteiger partial charge in [0, 0.05) is 22.2 Å². The molecule has 2 nitrogen and oxygen atoms in total. The molecule has 7 heteroatoms. The minimum absolute atomic E-state index is 0.209. The van der Waals surface area contributed by atoms with Crippen LogP contribution in [-0.2, 0) is 0 Å². The summed E-state index contributed by atoms with van der Waals surface area (Å²) in [6.45, 7) is 0. The lowest BCUT2D eigenvalue weighted by molar-refractivity contribution is 0.498. The first-order valence-electron chi connectivity index (χ1n) is 5.39. The summed E-state index contributed by atoms with van der Waals surface area (Å²) in [5, 5.41) is 2.60. The molecule has 0 aliphatic carbocycles. The Morgan fingerprint density at radius 2 is 1.80 bits per heavy atom. The van der Waals surface area contributed by atoms with Gasteiger partial charge < -0.3 is 11.1 Å². The Hall–Kier alpha value is -1.60. The molecule has 0 fully saturated rings. The molecule has 0 heterocycles. The maximum Gasteiger partial charge on any atom is 0.182 e. The minimum Gasteiger partial charge on any atom is -0.389 e. The highest BCUT2D eigenvalue weighted by molar-refractivity contribution is 9.10. The van der Waals surface area contributed by atoms with Gasteiger partial charge in [-0.05, 0) is 34.1 Å². The predicted molar refractivity (Wildman–Crippen MR) is 79.6 cm³/mol. The molecule has 0 aliphatic rings. The first-order valence-corrected chi connectivity index (χ1v) is 6.59. The van der Waals surface area contributed by atoms with E-state index in [-0.39, 0.29) is 10.7 Å². The monoisotopic (exact) mass is 360 g/mol. The normalized spacial score (nSPS) is 10.4. The van der Waals surface area contributed by atoms with Crippen molar-refractivity contribution in [3.05, 3.63) is 57.8 Å². The second-order valence-electron chi connectivity index (χ2n) is 3.93. The molecule has 20 heavy (non-hydrogen) atoms. The summed E-state index contributed by atoms with van der Waals surface area (Å²) in [5.41, 5.74) is 6.22. The average molecular weight is 361 g/mol.